The van der Waals surface area contributed by atoms with Gasteiger partial charge in [-0.1, -0.05) is 18.2 Å². The molecule has 1 atom stereocenters. The molecule has 0 aliphatic carbocycles. The Hall–Kier alpha value is -3.06. The zero-order valence-electron chi connectivity index (χ0n) is 15.1. The minimum Gasteiger partial charge on any atom is -0.350 e. The summed E-state index contributed by atoms with van der Waals surface area (Å²) in [5.41, 5.74) is 2.13. The Kier molecular flexibility index (Phi) is 4.92. The molecular weight excluding hydrogens is 364 g/mol. The van der Waals surface area contributed by atoms with Gasteiger partial charge in [0.1, 0.15) is 11.6 Å². The molecule has 28 heavy (non-hydrogen) atoms. The first kappa shape index (κ1) is 18.3. The second-order valence-corrected chi connectivity index (χ2v) is 6.95. The fraction of sp³-hybridized carbons (Fsp3) is 0.238. The smallest absolute Gasteiger partial charge is 0.269 e. The number of fused-ring (bicyclic) bond motifs is 1. The third-order valence-electron chi connectivity index (χ3n) is 5.12. The van der Waals surface area contributed by atoms with E-state index in [9.17, 15) is 18.9 Å². The van der Waals surface area contributed by atoms with Crippen molar-refractivity contribution in [2.75, 3.05) is 6.54 Å². The largest absolute Gasteiger partial charge is 0.350 e. The lowest BCUT2D eigenvalue weighted by molar-refractivity contribution is -0.384. The number of hydrogen-bond acceptors (Lipinski definition) is 3. The highest BCUT2D eigenvalue weighted by Gasteiger charge is 2.29. The van der Waals surface area contributed by atoms with E-state index < -0.39 is 22.6 Å². The van der Waals surface area contributed by atoms with E-state index in [1.165, 1.54) is 18.2 Å². The fourth-order valence-electron chi connectivity index (χ4n) is 3.89. The summed E-state index contributed by atoms with van der Waals surface area (Å²) in [7, 11) is 0. The number of hydrogen-bond donors (Lipinski definition) is 0. The van der Waals surface area contributed by atoms with E-state index in [1.807, 2.05) is 24.4 Å². The average molecular weight is 383 g/mol. The van der Waals surface area contributed by atoms with Gasteiger partial charge in [-0.05, 0) is 30.2 Å². The molecule has 5 nitrogen and oxygen atoms in total. The van der Waals surface area contributed by atoms with E-state index in [0.29, 0.717) is 18.7 Å². The number of aromatic nitrogens is 1. The molecule has 0 saturated heterocycles. The number of aryl methyl sites for hydroxylation is 1. The Balaban J connectivity index is 1.76. The molecule has 0 radical (unpaired) electrons. The summed E-state index contributed by atoms with van der Waals surface area (Å²) >= 11 is 0. The first-order valence-electron chi connectivity index (χ1n) is 9.10. The summed E-state index contributed by atoms with van der Waals surface area (Å²) in [5, 5.41) is 11.1. The zero-order valence-corrected chi connectivity index (χ0v) is 15.1. The number of nitrogens with zero attached hydrogens (tertiary/aromatic N) is 3. The number of benzene rings is 2. The predicted octanol–water partition coefficient (Wildman–Crippen LogP) is 4.67. The van der Waals surface area contributed by atoms with Gasteiger partial charge in [0.25, 0.3) is 5.69 Å². The van der Waals surface area contributed by atoms with Crippen molar-refractivity contribution in [3.63, 3.8) is 0 Å². The summed E-state index contributed by atoms with van der Waals surface area (Å²) in [6.07, 6.45) is 2.82. The lowest BCUT2D eigenvalue weighted by Crippen LogP contribution is -2.30. The fourth-order valence-corrected chi connectivity index (χ4v) is 3.89. The van der Waals surface area contributed by atoms with Gasteiger partial charge in [0.15, 0.2) is 0 Å². The second kappa shape index (κ2) is 7.52. The monoisotopic (exact) mass is 383 g/mol. The van der Waals surface area contributed by atoms with E-state index in [2.05, 4.69) is 9.47 Å². The number of non-ortho nitro benzene ring substituents is 1. The molecule has 3 aromatic rings. The molecule has 0 N–H and O–H groups in total. The van der Waals surface area contributed by atoms with Crippen LogP contribution in [0.3, 0.4) is 0 Å². The zero-order chi connectivity index (χ0) is 19.7. The Morgan fingerprint density at radius 3 is 2.71 bits per heavy atom. The van der Waals surface area contributed by atoms with Gasteiger partial charge in [0.05, 0.1) is 11.0 Å². The van der Waals surface area contributed by atoms with Crippen molar-refractivity contribution in [2.24, 2.45) is 0 Å². The molecule has 1 aliphatic heterocycles. The number of nitro groups is 1. The predicted molar refractivity (Wildman–Crippen MR) is 101 cm³/mol. The first-order chi connectivity index (χ1) is 13.5. The quantitative estimate of drug-likeness (QED) is 0.486. The molecule has 144 valence electrons. The van der Waals surface area contributed by atoms with Crippen molar-refractivity contribution < 1.29 is 13.7 Å². The van der Waals surface area contributed by atoms with E-state index in [4.69, 9.17) is 0 Å². The van der Waals surface area contributed by atoms with Crippen LogP contribution in [0.25, 0.3) is 0 Å². The van der Waals surface area contributed by atoms with Gasteiger partial charge >= 0.3 is 0 Å². The number of halogens is 2. The molecular formula is C21H19F2N3O2. The summed E-state index contributed by atoms with van der Waals surface area (Å²) in [4.78, 5) is 12.8. The number of nitro benzene ring substituents is 1. The topological polar surface area (TPSA) is 51.3 Å². The molecule has 7 heteroatoms. The van der Waals surface area contributed by atoms with Crippen molar-refractivity contribution >= 4 is 5.69 Å². The van der Waals surface area contributed by atoms with Crippen molar-refractivity contribution in [1.29, 1.82) is 0 Å². The van der Waals surface area contributed by atoms with E-state index in [1.54, 1.807) is 12.1 Å². The molecule has 4 rings (SSSR count). The molecule has 1 aliphatic rings. The molecule has 2 heterocycles. The Bertz CT molecular complexity index is 1020. The summed E-state index contributed by atoms with van der Waals surface area (Å²) in [6, 6.07) is 13.6. The van der Waals surface area contributed by atoms with Crippen LogP contribution in [-0.4, -0.2) is 20.9 Å². The summed E-state index contributed by atoms with van der Waals surface area (Å²) < 4.78 is 30.2. The molecule has 2 aromatic carbocycles. The lowest BCUT2D eigenvalue weighted by Gasteiger charge is -2.31. The van der Waals surface area contributed by atoms with Crippen LogP contribution in [0.5, 0.6) is 0 Å². The van der Waals surface area contributed by atoms with Crippen LogP contribution in [0, 0.1) is 21.7 Å². The Morgan fingerprint density at radius 1 is 1.07 bits per heavy atom. The number of rotatable bonds is 4. The highest BCUT2D eigenvalue weighted by atomic mass is 19.1. The van der Waals surface area contributed by atoms with Gasteiger partial charge < -0.3 is 4.57 Å². The molecule has 0 amide bonds. The summed E-state index contributed by atoms with van der Waals surface area (Å²) in [5.74, 6) is -1.21. The third-order valence-corrected chi connectivity index (χ3v) is 5.12. The SMILES string of the molecule is O=[N+]([O-])c1cccc(CN2CCCn3cccc3[C@@H]2c2ccc(F)cc2F)c1. The van der Waals surface area contributed by atoms with Gasteiger partial charge in [0, 0.05) is 55.3 Å². The second-order valence-electron chi connectivity index (χ2n) is 6.95. The van der Waals surface area contributed by atoms with E-state index in [0.717, 1.165) is 30.3 Å². The summed E-state index contributed by atoms with van der Waals surface area (Å²) in [6.45, 7) is 1.91. The van der Waals surface area contributed by atoms with Crippen LogP contribution >= 0.6 is 0 Å². The molecule has 0 fully saturated rings. The normalized spacial score (nSPS) is 17.1. The first-order valence-corrected chi connectivity index (χ1v) is 9.10. The van der Waals surface area contributed by atoms with Crippen LogP contribution in [0.1, 0.15) is 29.3 Å². The van der Waals surface area contributed by atoms with Gasteiger partial charge in [-0.3, -0.25) is 15.0 Å². The maximum atomic E-state index is 14.7. The van der Waals surface area contributed by atoms with Crippen molar-refractivity contribution in [3.05, 3.63) is 99.4 Å². The van der Waals surface area contributed by atoms with Crippen LogP contribution in [-0.2, 0) is 13.1 Å². The highest BCUT2D eigenvalue weighted by molar-refractivity contribution is 5.35. The molecule has 0 spiro atoms. The van der Waals surface area contributed by atoms with Crippen molar-refractivity contribution in [3.8, 4) is 0 Å². The minimum absolute atomic E-state index is 0.0280. The third kappa shape index (κ3) is 3.53. The van der Waals surface area contributed by atoms with Gasteiger partial charge in [-0.25, -0.2) is 8.78 Å². The minimum atomic E-state index is -0.615. The molecule has 1 aromatic heterocycles. The Labute approximate surface area is 161 Å². The lowest BCUT2D eigenvalue weighted by atomic mass is 10.00. The standard InChI is InChI=1S/C21H19F2N3O2/c22-16-7-8-18(19(23)13-16)21-20-6-2-9-24(20)10-3-11-25(21)14-15-4-1-5-17(12-15)26(27)28/h1-2,4-9,12-13,21H,3,10-11,14H2/t21-/m0/s1. The average Bonchev–Trinajstić information content (AvgIpc) is 3.05. The van der Waals surface area contributed by atoms with Gasteiger partial charge in [0.2, 0.25) is 0 Å². The van der Waals surface area contributed by atoms with Crippen molar-refractivity contribution in [2.45, 2.75) is 25.6 Å². The molecule has 0 unspecified atom stereocenters. The van der Waals surface area contributed by atoms with E-state index >= 15 is 0 Å². The molecule has 0 bridgehead atoms. The highest BCUT2D eigenvalue weighted by Crippen LogP contribution is 2.34. The van der Waals surface area contributed by atoms with Gasteiger partial charge in [-0.2, -0.15) is 0 Å². The van der Waals surface area contributed by atoms with Gasteiger partial charge in [-0.15, -0.1) is 0 Å². The van der Waals surface area contributed by atoms with Crippen LogP contribution in [0.15, 0.2) is 60.8 Å². The van der Waals surface area contributed by atoms with Crippen LogP contribution in [0.2, 0.25) is 0 Å². The van der Waals surface area contributed by atoms with Crippen LogP contribution in [0.4, 0.5) is 14.5 Å². The maximum Gasteiger partial charge on any atom is 0.269 e. The van der Waals surface area contributed by atoms with Crippen molar-refractivity contribution in [1.82, 2.24) is 9.47 Å². The molecule has 0 saturated carbocycles. The van der Waals surface area contributed by atoms with E-state index in [-0.39, 0.29) is 5.69 Å². The maximum absolute atomic E-state index is 14.7. The Morgan fingerprint density at radius 2 is 1.93 bits per heavy atom. The van der Waals surface area contributed by atoms with Crippen LogP contribution < -0.4 is 0 Å².